The molecule has 0 saturated heterocycles. The van der Waals surface area contributed by atoms with Gasteiger partial charge in [0.05, 0.1) is 11.0 Å². The number of anilines is 1. The SMILES string of the molecule is COCC[N+](CCOC)=c1ccc2c(C(C)(C)C)cc(/C=C/C=C/C=C3/N(CCCCCC(=O)O)c4ccc(S(=O)(=O)[O-])cc4C3(C)C)oc-2c1. The molecule has 0 atom stereocenters. The fourth-order valence-corrected chi connectivity index (χ4v) is 7.00. The number of hydrogen-bond donors (Lipinski definition) is 1. The molecule has 10 nitrogen and oxygen atoms in total. The summed E-state index contributed by atoms with van der Waals surface area (Å²) in [6.45, 7) is 13.8. The summed E-state index contributed by atoms with van der Waals surface area (Å²) in [5.74, 6) is 0.686. The van der Waals surface area contributed by atoms with E-state index in [-0.39, 0.29) is 16.7 Å². The van der Waals surface area contributed by atoms with Crippen molar-refractivity contribution in [2.45, 2.75) is 76.0 Å². The zero-order chi connectivity index (χ0) is 37.4. The first-order chi connectivity index (χ1) is 24.1. The third-order valence-corrected chi connectivity index (χ3v) is 10.1. The lowest BCUT2D eigenvalue weighted by molar-refractivity contribution is -0.137. The van der Waals surface area contributed by atoms with Crippen LogP contribution in [-0.2, 0) is 35.2 Å². The standard InChI is InChI=1S/C40H52N2O8S/c1-39(2,3)33-27-30(50-36-26-29(17-19-32(33)36)41(22-24-48-6)23-25-49-7)14-10-8-11-15-37-40(4,5)34-28-31(51(45,46)47)18-20-35(34)42(37)21-13-9-12-16-38(43)44/h8,10-11,14-15,17-20,26-28H,9,12-13,16,21-25H2,1-7H3,(H-,43,44,45,46,47). The Morgan fingerprint density at radius 3 is 2.31 bits per heavy atom. The molecule has 0 spiro atoms. The third-order valence-electron chi connectivity index (χ3n) is 9.23. The van der Waals surface area contributed by atoms with Gasteiger partial charge in [0.15, 0.2) is 13.1 Å². The fourth-order valence-electron chi connectivity index (χ4n) is 6.50. The number of benzene rings is 2. The number of carbonyl (C=O) groups is 1. The molecule has 0 amide bonds. The van der Waals surface area contributed by atoms with Crippen LogP contribution < -0.4 is 14.8 Å². The van der Waals surface area contributed by atoms with Crippen molar-refractivity contribution in [3.8, 4) is 11.3 Å². The summed E-state index contributed by atoms with van der Waals surface area (Å²) in [6.07, 6.45) is 11.9. The summed E-state index contributed by atoms with van der Waals surface area (Å²) in [5, 5.41) is 10.1. The van der Waals surface area contributed by atoms with Gasteiger partial charge >= 0.3 is 5.97 Å². The maximum atomic E-state index is 11.9. The Balaban J connectivity index is 1.68. The predicted octanol–water partition coefficient (Wildman–Crippen LogP) is 6.55. The van der Waals surface area contributed by atoms with Crippen LogP contribution in [0.25, 0.3) is 17.4 Å². The number of fused-ring (bicyclic) bond motifs is 2. The molecule has 1 N–H and O–H groups in total. The first kappa shape index (κ1) is 39.8. The molecule has 1 aliphatic carbocycles. The van der Waals surface area contributed by atoms with Gasteiger partial charge in [-0.3, -0.25) is 4.79 Å². The van der Waals surface area contributed by atoms with Crippen LogP contribution in [0.15, 0.2) is 81.8 Å². The van der Waals surface area contributed by atoms with Gasteiger partial charge in [0.1, 0.15) is 34.9 Å². The van der Waals surface area contributed by atoms with Crippen LogP contribution >= 0.6 is 0 Å². The molecule has 4 rings (SSSR count). The average Bonchev–Trinajstić information content (AvgIpc) is 3.27. The molecule has 0 bridgehead atoms. The topological polar surface area (TPSA) is 132 Å². The van der Waals surface area contributed by atoms with Crippen molar-refractivity contribution in [3.63, 3.8) is 0 Å². The van der Waals surface area contributed by atoms with Crippen LogP contribution in [0.1, 0.15) is 77.2 Å². The van der Waals surface area contributed by atoms with Crippen LogP contribution in [0, 0.1) is 0 Å². The van der Waals surface area contributed by atoms with Crippen molar-refractivity contribution in [2.75, 3.05) is 52.0 Å². The van der Waals surface area contributed by atoms with Crippen LogP contribution in [0.3, 0.4) is 0 Å². The molecular formula is C40H52N2O8S. The monoisotopic (exact) mass is 720 g/mol. The van der Waals surface area contributed by atoms with Gasteiger partial charge in [0.2, 0.25) is 5.36 Å². The molecule has 11 heteroatoms. The highest BCUT2D eigenvalue weighted by atomic mass is 32.2. The number of methoxy groups -OCH3 is 2. The van der Waals surface area contributed by atoms with Crippen LogP contribution in [0.4, 0.5) is 5.69 Å². The summed E-state index contributed by atoms with van der Waals surface area (Å²) in [5.41, 5.74) is 4.06. The summed E-state index contributed by atoms with van der Waals surface area (Å²) >= 11 is 0. The first-order valence-corrected chi connectivity index (χ1v) is 18.8. The lowest BCUT2D eigenvalue weighted by Crippen LogP contribution is -2.35. The molecule has 0 saturated carbocycles. The number of allylic oxidation sites excluding steroid dienone is 5. The maximum Gasteiger partial charge on any atom is 0.303 e. The van der Waals surface area contributed by atoms with Gasteiger partial charge in [-0.15, -0.1) is 0 Å². The molecule has 276 valence electrons. The predicted molar refractivity (Wildman–Crippen MR) is 200 cm³/mol. The highest BCUT2D eigenvalue weighted by Gasteiger charge is 2.40. The lowest BCUT2D eigenvalue weighted by Gasteiger charge is -2.27. The Labute approximate surface area is 302 Å². The van der Waals surface area contributed by atoms with Gasteiger partial charge in [-0.1, -0.05) is 59.3 Å². The highest BCUT2D eigenvalue weighted by Crippen LogP contribution is 2.48. The second kappa shape index (κ2) is 17.0. The molecule has 0 aromatic heterocycles. The number of unbranched alkanes of at least 4 members (excludes halogenated alkanes) is 2. The molecule has 2 aliphatic heterocycles. The van der Waals surface area contributed by atoms with E-state index in [9.17, 15) is 17.8 Å². The number of aliphatic carboxylic acids is 1. The van der Waals surface area contributed by atoms with Crippen molar-refractivity contribution in [3.05, 3.63) is 94.7 Å². The molecule has 1 aromatic rings. The normalized spacial score (nSPS) is 15.5. The first-order valence-electron chi connectivity index (χ1n) is 17.4. The number of rotatable bonds is 16. The average molecular weight is 721 g/mol. The van der Waals surface area contributed by atoms with Gasteiger partial charge in [-0.25, -0.2) is 13.0 Å². The highest BCUT2D eigenvalue weighted by molar-refractivity contribution is 7.85. The zero-order valence-corrected chi connectivity index (χ0v) is 31.7. The summed E-state index contributed by atoms with van der Waals surface area (Å²) in [6, 6.07) is 12.9. The van der Waals surface area contributed by atoms with Crippen LogP contribution in [-0.4, -0.2) is 71.1 Å². The van der Waals surface area contributed by atoms with Crippen molar-refractivity contribution in [1.29, 1.82) is 0 Å². The lowest BCUT2D eigenvalue weighted by atomic mass is 9.83. The second-order valence-corrected chi connectivity index (χ2v) is 15.8. The minimum Gasteiger partial charge on any atom is -0.744 e. The third kappa shape index (κ3) is 10.1. The Kier molecular flexibility index (Phi) is 13.2. The zero-order valence-electron chi connectivity index (χ0n) is 30.9. The molecule has 2 heterocycles. The van der Waals surface area contributed by atoms with E-state index < -0.39 is 21.5 Å². The van der Waals surface area contributed by atoms with Gasteiger partial charge in [0, 0.05) is 55.6 Å². The number of hydrogen-bond acceptors (Lipinski definition) is 8. The molecule has 0 fully saturated rings. The molecule has 0 unspecified atom stereocenters. The Morgan fingerprint density at radius 1 is 0.980 bits per heavy atom. The van der Waals surface area contributed by atoms with E-state index in [0.717, 1.165) is 59.6 Å². The second-order valence-electron chi connectivity index (χ2n) is 14.4. The summed E-state index contributed by atoms with van der Waals surface area (Å²) in [4.78, 5) is 12.9. The molecular weight excluding hydrogens is 669 g/mol. The van der Waals surface area contributed by atoms with Crippen LogP contribution in [0.2, 0.25) is 0 Å². The number of nitrogens with zero attached hydrogens (tertiary/aromatic N) is 2. The van der Waals surface area contributed by atoms with E-state index >= 15 is 0 Å². The van der Waals surface area contributed by atoms with Crippen molar-refractivity contribution in [2.24, 2.45) is 0 Å². The molecule has 1 aromatic carbocycles. The van der Waals surface area contributed by atoms with E-state index in [1.165, 1.54) is 17.7 Å². The van der Waals surface area contributed by atoms with Crippen molar-refractivity contribution < 1.29 is 36.8 Å². The fraction of sp³-hybridized carbons (Fsp3) is 0.450. The molecule has 3 aliphatic rings. The smallest absolute Gasteiger partial charge is 0.303 e. The van der Waals surface area contributed by atoms with Gasteiger partial charge < -0.3 is 28.5 Å². The van der Waals surface area contributed by atoms with E-state index in [1.807, 2.05) is 44.2 Å². The van der Waals surface area contributed by atoms with E-state index in [0.29, 0.717) is 31.9 Å². The van der Waals surface area contributed by atoms with Crippen LogP contribution in [0.5, 0.6) is 0 Å². The van der Waals surface area contributed by atoms with Crippen molar-refractivity contribution >= 4 is 27.9 Å². The summed E-state index contributed by atoms with van der Waals surface area (Å²) in [7, 11) is -1.23. The molecule has 51 heavy (non-hydrogen) atoms. The minimum absolute atomic E-state index is 0.119. The molecule has 0 radical (unpaired) electrons. The van der Waals surface area contributed by atoms with E-state index in [2.05, 4.69) is 54.5 Å². The Morgan fingerprint density at radius 2 is 1.69 bits per heavy atom. The maximum absolute atomic E-state index is 11.9. The number of carboxylic acids is 1. The van der Waals surface area contributed by atoms with E-state index in [1.54, 1.807) is 20.3 Å². The largest absolute Gasteiger partial charge is 0.744 e. The van der Waals surface area contributed by atoms with Gasteiger partial charge in [-0.05, 0) is 71.9 Å². The van der Waals surface area contributed by atoms with Crippen molar-refractivity contribution in [1.82, 2.24) is 4.58 Å². The minimum atomic E-state index is -4.62. The number of carboxylic acid groups (broad SMARTS) is 1. The Bertz CT molecular complexity index is 1920. The van der Waals surface area contributed by atoms with E-state index in [4.69, 9.17) is 19.0 Å². The number of ether oxygens (including phenoxy) is 2. The van der Waals surface area contributed by atoms with Gasteiger partial charge in [0.25, 0.3) is 0 Å². The quantitative estimate of drug-likeness (QED) is 0.0758. The van der Waals surface area contributed by atoms with Gasteiger partial charge in [-0.2, -0.15) is 0 Å². The summed E-state index contributed by atoms with van der Waals surface area (Å²) < 4.78 is 55.0. The Hall–Kier alpha value is -4.03.